The van der Waals surface area contributed by atoms with Crippen molar-refractivity contribution in [1.82, 2.24) is 0 Å². The van der Waals surface area contributed by atoms with E-state index >= 15 is 0 Å². The Kier molecular flexibility index (Phi) is 1.97. The Bertz CT molecular complexity index is 458. The fourth-order valence-corrected chi connectivity index (χ4v) is 2.42. The summed E-state index contributed by atoms with van der Waals surface area (Å²) in [6.45, 7) is 2.34. The molecule has 82 valence electrons. The minimum Gasteiger partial charge on any atom is -0.345 e. The van der Waals surface area contributed by atoms with Crippen molar-refractivity contribution in [2.45, 2.75) is 13.3 Å². The van der Waals surface area contributed by atoms with Crippen LogP contribution in [0.1, 0.15) is 13.3 Å². The molecule has 0 aliphatic heterocycles. The second-order valence-electron chi connectivity index (χ2n) is 5.14. The van der Waals surface area contributed by atoms with Crippen LogP contribution in [0, 0.1) is 11.3 Å². The van der Waals surface area contributed by atoms with E-state index in [9.17, 15) is 0 Å². The van der Waals surface area contributed by atoms with Crippen molar-refractivity contribution in [2.75, 3.05) is 11.9 Å². The molecule has 0 spiro atoms. The van der Waals surface area contributed by atoms with Crippen molar-refractivity contribution >= 4 is 5.69 Å². The number of anilines is 1. The fourth-order valence-electron chi connectivity index (χ4n) is 2.42. The fraction of sp³-hybridized carbons (Fsp3) is 0.333. The summed E-state index contributed by atoms with van der Waals surface area (Å²) in [5, 5.41) is 0. The molecular formula is C15H17N. The molecule has 1 heteroatoms. The number of fused-ring (bicyclic) bond motifs is 1. The molecule has 2 atom stereocenters. The van der Waals surface area contributed by atoms with E-state index in [1.165, 1.54) is 17.8 Å². The molecular weight excluding hydrogens is 194 g/mol. The zero-order chi connectivity index (χ0) is 11.2. The highest BCUT2D eigenvalue weighted by Gasteiger charge is 2.48. The molecule has 1 nitrogen and oxygen atoms in total. The van der Waals surface area contributed by atoms with Crippen LogP contribution in [0.4, 0.5) is 5.69 Å². The maximum absolute atomic E-state index is 2.41. The van der Waals surface area contributed by atoms with Gasteiger partial charge in [-0.1, -0.05) is 37.3 Å². The van der Waals surface area contributed by atoms with Gasteiger partial charge in [0.25, 0.3) is 0 Å². The van der Waals surface area contributed by atoms with E-state index in [1.54, 1.807) is 0 Å². The van der Waals surface area contributed by atoms with E-state index in [1.807, 2.05) is 0 Å². The molecule has 1 aromatic rings. The minimum absolute atomic E-state index is 0.473. The Labute approximate surface area is 97.1 Å². The third kappa shape index (κ3) is 1.47. The molecule has 1 aromatic carbocycles. The second-order valence-corrected chi connectivity index (χ2v) is 5.14. The van der Waals surface area contributed by atoms with Crippen LogP contribution in [0.5, 0.6) is 0 Å². The molecule has 2 unspecified atom stereocenters. The highest BCUT2D eigenvalue weighted by molar-refractivity contribution is 5.55. The Morgan fingerprint density at radius 2 is 2.00 bits per heavy atom. The van der Waals surface area contributed by atoms with Crippen molar-refractivity contribution in [2.24, 2.45) is 11.3 Å². The normalized spacial score (nSPS) is 30.6. The van der Waals surface area contributed by atoms with Crippen molar-refractivity contribution in [3.05, 3.63) is 54.3 Å². The third-order valence-corrected chi connectivity index (χ3v) is 3.88. The van der Waals surface area contributed by atoms with Crippen molar-refractivity contribution in [3.63, 3.8) is 0 Å². The van der Waals surface area contributed by atoms with E-state index < -0.39 is 0 Å². The Balaban J connectivity index is 1.85. The molecule has 1 fully saturated rings. The smallest absolute Gasteiger partial charge is 0.0407 e. The van der Waals surface area contributed by atoms with Crippen molar-refractivity contribution < 1.29 is 0 Å². The quantitative estimate of drug-likeness (QED) is 0.722. The monoisotopic (exact) mass is 211 g/mol. The predicted octanol–water partition coefficient (Wildman–Crippen LogP) is 3.60. The van der Waals surface area contributed by atoms with Gasteiger partial charge in [0.2, 0.25) is 0 Å². The topological polar surface area (TPSA) is 3.24 Å². The first kappa shape index (κ1) is 9.71. The number of benzene rings is 1. The number of para-hydroxylation sites is 1. The number of hydrogen-bond acceptors (Lipinski definition) is 1. The van der Waals surface area contributed by atoms with E-state index in [4.69, 9.17) is 0 Å². The van der Waals surface area contributed by atoms with E-state index in [-0.39, 0.29) is 0 Å². The number of rotatable bonds is 2. The number of likely N-dealkylation sites (N-methyl/N-ethyl adjacent to an activating group) is 1. The number of hydrogen-bond donors (Lipinski definition) is 0. The van der Waals surface area contributed by atoms with Crippen LogP contribution in [-0.4, -0.2) is 7.05 Å². The summed E-state index contributed by atoms with van der Waals surface area (Å²) in [6.07, 6.45) is 8.35. The summed E-state index contributed by atoms with van der Waals surface area (Å²) in [7, 11) is 2.14. The lowest BCUT2D eigenvalue weighted by atomic mass is 10.0. The molecule has 0 radical (unpaired) electrons. The van der Waals surface area contributed by atoms with Gasteiger partial charge >= 0.3 is 0 Å². The SMILES string of the molecule is CN(C1=CC2CC2(C)C=C1)c1ccccc1. The molecule has 0 saturated heterocycles. The molecule has 0 bridgehead atoms. The van der Waals surface area contributed by atoms with Gasteiger partial charge in [-0.25, -0.2) is 0 Å². The van der Waals surface area contributed by atoms with Crippen LogP contribution < -0.4 is 4.90 Å². The molecule has 2 aliphatic carbocycles. The molecule has 2 aliphatic rings. The van der Waals surface area contributed by atoms with Gasteiger partial charge in [-0.3, -0.25) is 0 Å². The minimum atomic E-state index is 0.473. The zero-order valence-electron chi connectivity index (χ0n) is 9.85. The second kappa shape index (κ2) is 3.24. The van der Waals surface area contributed by atoms with Gasteiger partial charge in [-0.05, 0) is 36.0 Å². The highest BCUT2D eigenvalue weighted by atomic mass is 15.1. The van der Waals surface area contributed by atoms with Crippen molar-refractivity contribution in [3.8, 4) is 0 Å². The molecule has 1 saturated carbocycles. The summed E-state index contributed by atoms with van der Waals surface area (Å²) in [6, 6.07) is 10.5. The number of nitrogens with zero attached hydrogens (tertiary/aromatic N) is 1. The molecule has 0 heterocycles. The van der Waals surface area contributed by atoms with Crippen LogP contribution in [0.3, 0.4) is 0 Å². The van der Waals surface area contributed by atoms with Crippen LogP contribution in [-0.2, 0) is 0 Å². The zero-order valence-corrected chi connectivity index (χ0v) is 9.85. The average molecular weight is 211 g/mol. The summed E-state index contributed by atoms with van der Waals surface area (Å²) < 4.78 is 0. The Hall–Kier alpha value is -1.50. The van der Waals surface area contributed by atoms with E-state index in [0.29, 0.717) is 5.41 Å². The maximum atomic E-state index is 2.41. The summed E-state index contributed by atoms with van der Waals surface area (Å²) >= 11 is 0. The molecule has 0 aromatic heterocycles. The molecule has 0 N–H and O–H groups in total. The van der Waals surface area contributed by atoms with Crippen LogP contribution >= 0.6 is 0 Å². The lowest BCUT2D eigenvalue weighted by Gasteiger charge is -2.23. The first-order valence-corrected chi connectivity index (χ1v) is 5.89. The van der Waals surface area contributed by atoms with Crippen LogP contribution in [0.2, 0.25) is 0 Å². The largest absolute Gasteiger partial charge is 0.345 e. The average Bonchev–Trinajstić information content (AvgIpc) is 3.00. The lowest BCUT2D eigenvalue weighted by molar-refractivity contribution is 0.683. The van der Waals surface area contributed by atoms with Crippen LogP contribution in [0.15, 0.2) is 54.3 Å². The van der Waals surface area contributed by atoms with E-state index in [0.717, 1.165) is 5.92 Å². The van der Waals surface area contributed by atoms with Crippen molar-refractivity contribution in [1.29, 1.82) is 0 Å². The standard InChI is InChI=1S/C15H17N/c1-15-9-8-14(10-12(15)11-15)16(2)13-6-4-3-5-7-13/h3-10,12H,11H2,1-2H3. The Morgan fingerprint density at radius 1 is 1.25 bits per heavy atom. The Morgan fingerprint density at radius 3 is 2.69 bits per heavy atom. The van der Waals surface area contributed by atoms with Gasteiger partial charge < -0.3 is 4.90 Å². The van der Waals surface area contributed by atoms with Gasteiger partial charge in [-0.2, -0.15) is 0 Å². The van der Waals surface area contributed by atoms with Gasteiger partial charge in [0.15, 0.2) is 0 Å². The number of allylic oxidation sites excluding steroid dienone is 3. The maximum Gasteiger partial charge on any atom is 0.0407 e. The lowest BCUT2D eigenvalue weighted by Crippen LogP contribution is -2.17. The van der Waals surface area contributed by atoms with Gasteiger partial charge in [0.05, 0.1) is 0 Å². The summed E-state index contributed by atoms with van der Waals surface area (Å²) in [4.78, 5) is 2.26. The van der Waals surface area contributed by atoms with Crippen LogP contribution in [0.25, 0.3) is 0 Å². The highest BCUT2D eigenvalue weighted by Crippen LogP contribution is 2.56. The van der Waals surface area contributed by atoms with Gasteiger partial charge in [-0.15, -0.1) is 0 Å². The molecule has 3 rings (SSSR count). The van der Waals surface area contributed by atoms with Gasteiger partial charge in [0.1, 0.15) is 0 Å². The first-order chi connectivity index (χ1) is 7.69. The molecule has 16 heavy (non-hydrogen) atoms. The predicted molar refractivity (Wildman–Crippen MR) is 68.3 cm³/mol. The molecule has 0 amide bonds. The van der Waals surface area contributed by atoms with Gasteiger partial charge in [0, 0.05) is 18.4 Å². The summed E-state index contributed by atoms with van der Waals surface area (Å²) in [5.74, 6) is 0.763. The first-order valence-electron chi connectivity index (χ1n) is 5.89. The van der Waals surface area contributed by atoms with E-state index in [2.05, 4.69) is 67.4 Å². The third-order valence-electron chi connectivity index (χ3n) is 3.88. The summed E-state index contributed by atoms with van der Waals surface area (Å²) in [5.41, 5.74) is 3.05.